The van der Waals surface area contributed by atoms with Gasteiger partial charge in [0.2, 0.25) is 0 Å². The maximum atomic E-state index is 5.81. The van der Waals surface area contributed by atoms with Crippen molar-refractivity contribution in [3.8, 4) is 11.3 Å². The van der Waals surface area contributed by atoms with Gasteiger partial charge in [0.15, 0.2) is 0 Å². The SMILES string of the molecule is CC1(c2c(-c3ccccc3)ncn2CC2CCCO2)COC1. The van der Waals surface area contributed by atoms with Crippen molar-refractivity contribution in [2.45, 2.75) is 37.8 Å². The van der Waals surface area contributed by atoms with Crippen LogP contribution < -0.4 is 0 Å². The summed E-state index contributed by atoms with van der Waals surface area (Å²) in [5.41, 5.74) is 3.61. The number of hydrogen-bond donors (Lipinski definition) is 0. The molecule has 3 heterocycles. The molecule has 1 aromatic heterocycles. The molecule has 2 fully saturated rings. The predicted octanol–water partition coefficient (Wildman–Crippen LogP) is 3.02. The summed E-state index contributed by atoms with van der Waals surface area (Å²) < 4.78 is 13.6. The normalized spacial score (nSPS) is 23.4. The van der Waals surface area contributed by atoms with Gasteiger partial charge in [0.05, 0.1) is 49.0 Å². The third-order valence-electron chi connectivity index (χ3n) is 4.72. The van der Waals surface area contributed by atoms with E-state index in [4.69, 9.17) is 14.5 Å². The minimum atomic E-state index is 0.0558. The lowest BCUT2D eigenvalue weighted by atomic mass is 9.82. The Balaban J connectivity index is 1.73. The highest BCUT2D eigenvalue weighted by Gasteiger charge is 2.40. The minimum Gasteiger partial charge on any atom is -0.379 e. The Labute approximate surface area is 131 Å². The lowest BCUT2D eigenvalue weighted by Crippen LogP contribution is -2.46. The summed E-state index contributed by atoms with van der Waals surface area (Å²) in [5, 5.41) is 0. The van der Waals surface area contributed by atoms with Crippen molar-refractivity contribution in [1.82, 2.24) is 9.55 Å². The lowest BCUT2D eigenvalue weighted by molar-refractivity contribution is -0.0541. The van der Waals surface area contributed by atoms with Crippen molar-refractivity contribution in [2.75, 3.05) is 19.8 Å². The van der Waals surface area contributed by atoms with E-state index in [9.17, 15) is 0 Å². The first-order chi connectivity index (χ1) is 10.8. The Morgan fingerprint density at radius 3 is 2.73 bits per heavy atom. The molecule has 0 radical (unpaired) electrons. The van der Waals surface area contributed by atoms with E-state index in [2.05, 4.69) is 35.8 Å². The van der Waals surface area contributed by atoms with E-state index in [0.717, 1.165) is 38.5 Å². The van der Waals surface area contributed by atoms with Gasteiger partial charge in [-0.25, -0.2) is 4.98 Å². The molecule has 1 atom stereocenters. The van der Waals surface area contributed by atoms with E-state index < -0.39 is 0 Å². The first kappa shape index (κ1) is 14.0. The summed E-state index contributed by atoms with van der Waals surface area (Å²) in [6.07, 6.45) is 4.61. The second-order valence-electron chi connectivity index (χ2n) is 6.65. The van der Waals surface area contributed by atoms with Crippen molar-refractivity contribution in [2.24, 2.45) is 0 Å². The number of nitrogens with zero attached hydrogens (tertiary/aromatic N) is 2. The third-order valence-corrected chi connectivity index (χ3v) is 4.72. The summed E-state index contributed by atoms with van der Waals surface area (Å²) in [5.74, 6) is 0. The quantitative estimate of drug-likeness (QED) is 0.870. The molecular weight excluding hydrogens is 276 g/mol. The molecule has 0 spiro atoms. The molecule has 4 nitrogen and oxygen atoms in total. The first-order valence-corrected chi connectivity index (χ1v) is 8.07. The Morgan fingerprint density at radius 2 is 2.09 bits per heavy atom. The second kappa shape index (κ2) is 5.52. The summed E-state index contributed by atoms with van der Waals surface area (Å²) in [6, 6.07) is 10.4. The van der Waals surface area contributed by atoms with Crippen LogP contribution in [-0.2, 0) is 21.4 Å². The van der Waals surface area contributed by atoms with Gasteiger partial charge in [0.25, 0.3) is 0 Å². The van der Waals surface area contributed by atoms with E-state index >= 15 is 0 Å². The van der Waals surface area contributed by atoms with Crippen molar-refractivity contribution in [1.29, 1.82) is 0 Å². The van der Waals surface area contributed by atoms with Crippen LogP contribution in [-0.4, -0.2) is 35.5 Å². The van der Waals surface area contributed by atoms with Gasteiger partial charge in [-0.3, -0.25) is 0 Å². The molecule has 0 aliphatic carbocycles. The van der Waals surface area contributed by atoms with Crippen molar-refractivity contribution in [3.05, 3.63) is 42.4 Å². The van der Waals surface area contributed by atoms with Crippen LogP contribution in [0.2, 0.25) is 0 Å². The summed E-state index contributed by atoms with van der Waals surface area (Å²) in [7, 11) is 0. The first-order valence-electron chi connectivity index (χ1n) is 8.07. The topological polar surface area (TPSA) is 36.3 Å². The van der Waals surface area contributed by atoms with Gasteiger partial charge >= 0.3 is 0 Å². The monoisotopic (exact) mass is 298 g/mol. The molecule has 2 aliphatic heterocycles. The highest BCUT2D eigenvalue weighted by molar-refractivity contribution is 5.63. The maximum Gasteiger partial charge on any atom is 0.0957 e. The van der Waals surface area contributed by atoms with Crippen LogP contribution in [0.25, 0.3) is 11.3 Å². The Kier molecular flexibility index (Phi) is 3.51. The zero-order chi connectivity index (χ0) is 15.0. The zero-order valence-electron chi connectivity index (χ0n) is 13.0. The van der Waals surface area contributed by atoms with Gasteiger partial charge in [0.1, 0.15) is 0 Å². The number of benzene rings is 1. The lowest BCUT2D eigenvalue weighted by Gasteiger charge is -2.39. The van der Waals surface area contributed by atoms with Crippen LogP contribution in [0.5, 0.6) is 0 Å². The van der Waals surface area contributed by atoms with Crippen LogP contribution in [0.3, 0.4) is 0 Å². The average molecular weight is 298 g/mol. The molecule has 2 aliphatic rings. The molecule has 2 aromatic rings. The zero-order valence-corrected chi connectivity index (χ0v) is 13.0. The third kappa shape index (κ3) is 2.36. The van der Waals surface area contributed by atoms with E-state index in [1.807, 2.05) is 12.4 Å². The predicted molar refractivity (Wildman–Crippen MR) is 84.8 cm³/mol. The van der Waals surface area contributed by atoms with E-state index in [1.165, 1.54) is 17.7 Å². The van der Waals surface area contributed by atoms with Gasteiger partial charge in [-0.05, 0) is 19.8 Å². The fraction of sp³-hybridized carbons (Fsp3) is 0.500. The Morgan fingerprint density at radius 1 is 1.27 bits per heavy atom. The number of rotatable bonds is 4. The van der Waals surface area contributed by atoms with Crippen LogP contribution in [0.4, 0.5) is 0 Å². The molecule has 22 heavy (non-hydrogen) atoms. The molecule has 0 N–H and O–H groups in total. The molecule has 116 valence electrons. The van der Waals surface area contributed by atoms with E-state index in [-0.39, 0.29) is 5.41 Å². The van der Waals surface area contributed by atoms with Gasteiger partial charge in [-0.2, -0.15) is 0 Å². The fourth-order valence-corrected chi connectivity index (χ4v) is 3.51. The number of aromatic nitrogens is 2. The number of imidazole rings is 1. The summed E-state index contributed by atoms with van der Waals surface area (Å²) >= 11 is 0. The number of hydrogen-bond acceptors (Lipinski definition) is 3. The molecule has 0 saturated carbocycles. The van der Waals surface area contributed by atoms with Gasteiger partial charge in [-0.1, -0.05) is 30.3 Å². The van der Waals surface area contributed by atoms with Crippen LogP contribution in [0.15, 0.2) is 36.7 Å². The van der Waals surface area contributed by atoms with E-state index in [0.29, 0.717) is 6.10 Å². The summed E-state index contributed by atoms with van der Waals surface area (Å²) in [6.45, 7) is 5.59. The highest BCUT2D eigenvalue weighted by Crippen LogP contribution is 2.38. The molecule has 4 heteroatoms. The second-order valence-corrected chi connectivity index (χ2v) is 6.65. The van der Waals surface area contributed by atoms with Gasteiger partial charge in [0, 0.05) is 12.2 Å². The number of ether oxygens (including phenoxy) is 2. The largest absolute Gasteiger partial charge is 0.379 e. The van der Waals surface area contributed by atoms with Crippen LogP contribution in [0.1, 0.15) is 25.5 Å². The summed E-state index contributed by atoms with van der Waals surface area (Å²) in [4.78, 5) is 4.73. The minimum absolute atomic E-state index is 0.0558. The molecule has 4 rings (SSSR count). The average Bonchev–Trinajstić information content (AvgIpc) is 3.16. The van der Waals surface area contributed by atoms with Gasteiger partial charge < -0.3 is 14.0 Å². The molecular formula is C18H22N2O2. The van der Waals surface area contributed by atoms with Gasteiger partial charge in [-0.15, -0.1) is 0 Å². The molecule has 1 unspecified atom stereocenters. The van der Waals surface area contributed by atoms with Crippen LogP contribution in [0, 0.1) is 0 Å². The fourth-order valence-electron chi connectivity index (χ4n) is 3.51. The van der Waals surface area contributed by atoms with Crippen molar-refractivity contribution >= 4 is 0 Å². The molecule has 1 aromatic carbocycles. The Bertz CT molecular complexity index is 640. The Hall–Kier alpha value is -1.65. The van der Waals surface area contributed by atoms with Crippen molar-refractivity contribution < 1.29 is 9.47 Å². The molecule has 0 bridgehead atoms. The molecule has 0 amide bonds. The standard InChI is InChI=1S/C18H22N2O2/c1-18(11-21-12-18)17-16(14-6-3-2-4-7-14)19-13-20(17)10-15-8-5-9-22-15/h2-4,6-7,13,15H,5,8-12H2,1H3. The maximum absolute atomic E-state index is 5.81. The van der Waals surface area contributed by atoms with Crippen molar-refractivity contribution in [3.63, 3.8) is 0 Å². The highest BCUT2D eigenvalue weighted by atomic mass is 16.5. The van der Waals surface area contributed by atoms with E-state index in [1.54, 1.807) is 0 Å². The smallest absolute Gasteiger partial charge is 0.0957 e. The molecule has 2 saturated heterocycles. The van der Waals surface area contributed by atoms with Crippen LogP contribution >= 0.6 is 0 Å².